The van der Waals surface area contributed by atoms with Crippen molar-refractivity contribution in [1.29, 1.82) is 0 Å². The second kappa shape index (κ2) is 41.2. The van der Waals surface area contributed by atoms with E-state index in [1.54, 1.807) is 0 Å². The Labute approximate surface area is 644 Å². The van der Waals surface area contributed by atoms with Crippen LogP contribution in [0.2, 0.25) is 0 Å². The third kappa shape index (κ3) is 20.5. The first kappa shape index (κ1) is 94.0. The fraction of sp³-hybridized carbons (Fsp3) is 0.937. The highest BCUT2D eigenvalue weighted by Gasteiger charge is 2.63. The SMILES string of the molecule is CC(=O)N[C@H]1[C@H](O[C@@H]2[C@@H](O)[C@H](O[C@@H](CO)[C@H]3CO[C@H](CO)O3)O[C@H](CO)[C@@H]2O[C@@H]2O[C@H](CO)[C@@H](O[C@@H]3O[C@H](CO)[C@H](O)[C@H](O[C@@H]4O[C@H](CO)[C@@H](O[C@@H]5O[C@H](CO)[C@H](O)[C@H](O[C@]6(C(=O)O)C[C@H](O)[C@@H](NC(C)=O)[C@H]([C@H](O)[C@H](O)CO)O6)[C@H]5O)[C@H](O)[C@H]4NC(C)=O)[C@H]3O)[C@H](O)[C@H]2O)O[C@H](CO)[C@@H](O[C@@H]2O[C@H](CO)[C@H](O)[C@H](O)[C@H]2O)[C@@H]1O. The predicted molar refractivity (Wildman–Crippen MR) is 348 cm³/mol. The predicted octanol–water partition coefficient (Wildman–Crippen LogP) is -19.7. The molecule has 660 valence electrons. The molecule has 3 amide bonds. The zero-order valence-electron chi connectivity index (χ0n) is 60.9. The molecule has 0 saturated carbocycles. The lowest BCUT2D eigenvalue weighted by Crippen LogP contribution is -2.71. The molecule has 9 fully saturated rings. The molecule has 0 aromatic rings. The third-order valence-electron chi connectivity index (χ3n) is 20.6. The lowest BCUT2D eigenvalue weighted by molar-refractivity contribution is -0.401. The summed E-state index contributed by atoms with van der Waals surface area (Å²) < 4.78 is 105. The molecule has 114 heavy (non-hydrogen) atoms. The van der Waals surface area contributed by atoms with Crippen LogP contribution in [0.1, 0.15) is 27.2 Å². The number of aliphatic hydroxyl groups excluding tert-OH is 25. The van der Waals surface area contributed by atoms with Crippen molar-refractivity contribution in [3.8, 4) is 0 Å². The topological polar surface area (TPSA) is 796 Å². The van der Waals surface area contributed by atoms with Gasteiger partial charge >= 0.3 is 5.97 Å². The summed E-state index contributed by atoms with van der Waals surface area (Å²) in [6, 6.07) is -5.61. The maximum absolute atomic E-state index is 13.2. The summed E-state index contributed by atoms with van der Waals surface area (Å²) >= 11 is 0. The first-order valence-electron chi connectivity index (χ1n) is 36.2. The molecule has 0 bridgehead atoms. The minimum Gasteiger partial charge on any atom is -0.477 e. The number of aliphatic hydroxyl groups is 25. The van der Waals surface area contributed by atoms with E-state index in [-0.39, 0.29) is 6.61 Å². The average Bonchev–Trinajstić information content (AvgIpc) is 0.808. The highest BCUT2D eigenvalue weighted by Crippen LogP contribution is 2.42. The van der Waals surface area contributed by atoms with E-state index in [1.807, 2.05) is 0 Å². The van der Waals surface area contributed by atoms with Gasteiger partial charge in [-0.1, -0.05) is 0 Å². The van der Waals surface area contributed by atoms with Gasteiger partial charge in [0.1, 0.15) is 201 Å². The highest BCUT2D eigenvalue weighted by atomic mass is 16.8. The van der Waals surface area contributed by atoms with E-state index in [1.165, 1.54) is 0 Å². The van der Waals surface area contributed by atoms with Gasteiger partial charge in [-0.2, -0.15) is 0 Å². The molecule has 29 N–H and O–H groups in total. The summed E-state index contributed by atoms with van der Waals surface area (Å²) in [7, 11) is 0. The van der Waals surface area contributed by atoms with E-state index >= 15 is 0 Å². The average molecular weight is 1670 g/mol. The van der Waals surface area contributed by atoms with Gasteiger partial charge in [-0.3, -0.25) is 14.4 Å². The van der Waals surface area contributed by atoms with E-state index in [0.717, 1.165) is 20.8 Å². The molecule has 0 aliphatic carbocycles. The van der Waals surface area contributed by atoms with E-state index in [0.29, 0.717) is 0 Å². The Hall–Kier alpha value is -3.84. The van der Waals surface area contributed by atoms with Crippen LogP contribution in [-0.4, -0.2) is 499 Å². The molecule has 0 aromatic carbocycles. The molecule has 0 radical (unpaired) electrons. The first-order valence-corrected chi connectivity index (χ1v) is 36.2. The van der Waals surface area contributed by atoms with Crippen molar-refractivity contribution in [3.05, 3.63) is 0 Å². The zero-order valence-corrected chi connectivity index (χ0v) is 60.9. The van der Waals surface area contributed by atoms with Crippen LogP contribution < -0.4 is 16.0 Å². The molecule has 9 saturated heterocycles. The number of hydrogen-bond donors (Lipinski definition) is 29. The lowest BCUT2D eigenvalue weighted by atomic mass is 9.88. The van der Waals surface area contributed by atoms with Crippen LogP contribution in [0, 0.1) is 0 Å². The van der Waals surface area contributed by atoms with Crippen molar-refractivity contribution in [2.24, 2.45) is 0 Å². The van der Waals surface area contributed by atoms with E-state index in [4.69, 9.17) is 85.3 Å². The van der Waals surface area contributed by atoms with Gasteiger partial charge in [-0.25, -0.2) is 4.79 Å². The summed E-state index contributed by atoms with van der Waals surface area (Å²) in [5.74, 6) is -8.16. The maximum atomic E-state index is 13.2. The number of rotatable bonds is 33. The fourth-order valence-corrected chi connectivity index (χ4v) is 14.7. The molecular formula is C63H105N3O48. The van der Waals surface area contributed by atoms with Gasteiger partial charge in [0.25, 0.3) is 5.79 Å². The minimum absolute atomic E-state index is 0.310. The summed E-state index contributed by atoms with van der Waals surface area (Å²) in [4.78, 5) is 51.2. The molecule has 51 heteroatoms. The molecule has 9 aliphatic rings. The standard InChI is InChI=1S/C63H105N3O48/c1-16(77)64-31-19(80)4-63(62(95)96,113-51(31)34(82)20(81)5-67)114-53-37(85)24(9-71)102-61(45(53)93)108-48-26(11-73)103-55(32(38(48)86)65-17(2)78)111-52-36(84)23(8-70)101-60(44(52)92)109-49-27(12-74)105-58(43(91)41(49)89)110-50-28(13-75)106-59(99-21(6-68)29-15-97-30(14-76)98-29)46(94)54(50)112-56-33(66-18(3)79)39(87)47(25(10-72)104-56)107-57-42(90)40(88)35(83)22(7-69)100-57/h19-61,67-76,80-94H,4-15H2,1-3H3,(H,64,77)(H,65,78)(H,66,79)(H,95,96)/t19-,20+,21-,22+,23+,24+,25+,26+,27+,28+,29+,30-,31+,32+,33+,34+,35-,36-,37-,38+,39+,40-,41+,42+,43+,44+,45+,46+,47+,48+,49+,50-,51+,52-,53-,54+,55-,56-,57-,58-,59+,60-,61-,63-/m0/s1. The Morgan fingerprint density at radius 2 is 0.763 bits per heavy atom. The Bertz CT molecular complexity index is 3020. The number of amides is 3. The second-order valence-electron chi connectivity index (χ2n) is 28.5. The number of carbonyl (C=O) groups excluding carboxylic acids is 3. The van der Waals surface area contributed by atoms with Crippen LogP contribution in [0.4, 0.5) is 0 Å². The summed E-state index contributed by atoms with van der Waals surface area (Å²) in [5, 5.41) is 293. The van der Waals surface area contributed by atoms with Crippen LogP contribution in [-0.2, 0) is 104 Å². The van der Waals surface area contributed by atoms with Crippen molar-refractivity contribution >= 4 is 23.7 Å². The Morgan fingerprint density at radius 1 is 0.386 bits per heavy atom. The Morgan fingerprint density at radius 3 is 1.21 bits per heavy atom. The van der Waals surface area contributed by atoms with Crippen LogP contribution in [0.15, 0.2) is 0 Å². The van der Waals surface area contributed by atoms with Crippen LogP contribution in [0.5, 0.6) is 0 Å². The molecule has 9 rings (SSSR count). The summed E-state index contributed by atoms with van der Waals surface area (Å²) in [6.07, 6.45) is -83.9. The van der Waals surface area contributed by atoms with Crippen LogP contribution >= 0.6 is 0 Å². The Kier molecular flexibility index (Phi) is 33.9. The van der Waals surface area contributed by atoms with Crippen molar-refractivity contribution in [1.82, 2.24) is 16.0 Å². The van der Waals surface area contributed by atoms with E-state index in [2.05, 4.69) is 16.0 Å². The quantitative estimate of drug-likeness (QED) is 0.0290. The number of nitrogens with one attached hydrogen (secondary N) is 3. The van der Waals surface area contributed by atoms with Crippen LogP contribution in [0.3, 0.4) is 0 Å². The number of ether oxygens (including phenoxy) is 18. The largest absolute Gasteiger partial charge is 0.477 e. The van der Waals surface area contributed by atoms with Gasteiger partial charge in [0.15, 0.2) is 50.3 Å². The van der Waals surface area contributed by atoms with E-state index in [9.17, 15) is 152 Å². The lowest BCUT2D eigenvalue weighted by Gasteiger charge is -2.51. The molecule has 51 nitrogen and oxygen atoms in total. The first-order chi connectivity index (χ1) is 54.0. The third-order valence-corrected chi connectivity index (χ3v) is 20.6. The summed E-state index contributed by atoms with van der Waals surface area (Å²) in [5.41, 5.74) is 0. The number of hydrogen-bond acceptors (Lipinski definition) is 47. The minimum atomic E-state index is -3.26. The number of aliphatic carboxylic acids is 1. The second-order valence-corrected chi connectivity index (χ2v) is 28.5. The number of carboxylic acids is 1. The molecule has 0 aromatic heterocycles. The van der Waals surface area contributed by atoms with E-state index < -0.39 is 366 Å². The smallest absolute Gasteiger partial charge is 0.364 e. The maximum Gasteiger partial charge on any atom is 0.364 e. The van der Waals surface area contributed by atoms with Gasteiger partial charge in [0, 0.05) is 27.2 Å². The van der Waals surface area contributed by atoms with Gasteiger partial charge < -0.3 is 234 Å². The van der Waals surface area contributed by atoms with Crippen LogP contribution in [0.25, 0.3) is 0 Å². The van der Waals surface area contributed by atoms with Crippen molar-refractivity contribution < 1.29 is 237 Å². The molecule has 0 unspecified atom stereocenters. The Balaban J connectivity index is 0.936. The highest BCUT2D eigenvalue weighted by molar-refractivity contribution is 5.77. The normalized spacial score (nSPS) is 47.1. The number of carbonyl (C=O) groups is 4. The number of carboxylic acid groups (broad SMARTS) is 1. The monoisotopic (exact) mass is 1670 g/mol. The molecule has 44 atom stereocenters. The fourth-order valence-electron chi connectivity index (χ4n) is 14.7. The van der Waals surface area contributed by atoms with Crippen molar-refractivity contribution in [2.45, 2.75) is 297 Å². The van der Waals surface area contributed by atoms with Gasteiger partial charge in [-0.15, -0.1) is 0 Å². The molecule has 9 aliphatic heterocycles. The summed E-state index contributed by atoms with van der Waals surface area (Å²) in [6.45, 7) is -8.23. The molecule has 0 spiro atoms. The van der Waals surface area contributed by atoms with Gasteiger partial charge in [-0.05, 0) is 0 Å². The van der Waals surface area contributed by atoms with Crippen molar-refractivity contribution in [3.63, 3.8) is 0 Å². The molecular weight excluding hydrogens is 1570 g/mol. The van der Waals surface area contributed by atoms with Gasteiger partial charge in [0.05, 0.1) is 84.8 Å². The van der Waals surface area contributed by atoms with Crippen molar-refractivity contribution in [2.75, 3.05) is 72.7 Å². The molecule has 9 heterocycles. The zero-order chi connectivity index (χ0) is 84.0. The van der Waals surface area contributed by atoms with Gasteiger partial charge in [0.2, 0.25) is 17.7 Å².